The number of rotatable bonds is 4. The van der Waals surface area contributed by atoms with Crippen molar-refractivity contribution in [2.24, 2.45) is 0 Å². The Labute approximate surface area is 156 Å². The van der Waals surface area contributed by atoms with Gasteiger partial charge in [0, 0.05) is 39.4 Å². The highest BCUT2D eigenvalue weighted by Gasteiger charge is 2.41. The molecule has 1 atom stereocenters. The standard InChI is InChI=1S/C20H29N5O/c1-17(19(26)23(2)20(16-21)9-5-3-6-10-20)24-12-14-25(15-13-24)18-8-4-7-11-22-18/h4,7-8,11,17H,3,5-6,9-10,12-15H2,1-2H3/t17-/m1/s1. The molecule has 0 aromatic carbocycles. The number of likely N-dealkylation sites (N-methyl/N-ethyl adjacent to an activating group) is 1. The Morgan fingerprint density at radius 2 is 1.92 bits per heavy atom. The zero-order valence-electron chi connectivity index (χ0n) is 15.9. The van der Waals surface area contributed by atoms with E-state index in [4.69, 9.17) is 0 Å². The highest BCUT2D eigenvalue weighted by atomic mass is 16.2. The Kier molecular flexibility index (Phi) is 5.77. The van der Waals surface area contributed by atoms with E-state index < -0.39 is 5.54 Å². The van der Waals surface area contributed by atoms with Crippen LogP contribution < -0.4 is 4.90 Å². The lowest BCUT2D eigenvalue weighted by molar-refractivity contribution is -0.140. The van der Waals surface area contributed by atoms with Crippen molar-refractivity contribution in [2.75, 3.05) is 38.1 Å². The molecule has 2 aliphatic rings. The molecule has 1 saturated carbocycles. The maximum absolute atomic E-state index is 13.1. The van der Waals surface area contributed by atoms with Gasteiger partial charge in [0.1, 0.15) is 11.4 Å². The minimum atomic E-state index is -0.612. The largest absolute Gasteiger partial charge is 0.354 e. The molecular formula is C20H29N5O. The van der Waals surface area contributed by atoms with Gasteiger partial charge in [-0.1, -0.05) is 25.3 Å². The molecule has 26 heavy (non-hydrogen) atoms. The predicted octanol–water partition coefficient (Wildman–Crippen LogP) is 2.28. The minimum Gasteiger partial charge on any atom is -0.354 e. The van der Waals surface area contributed by atoms with E-state index in [1.165, 1.54) is 0 Å². The van der Waals surface area contributed by atoms with Crippen LogP contribution in [0.4, 0.5) is 5.82 Å². The van der Waals surface area contributed by atoms with Gasteiger partial charge in [0.2, 0.25) is 5.91 Å². The summed E-state index contributed by atoms with van der Waals surface area (Å²) >= 11 is 0. The van der Waals surface area contributed by atoms with Gasteiger partial charge in [0.25, 0.3) is 0 Å². The number of hydrogen-bond acceptors (Lipinski definition) is 5. The van der Waals surface area contributed by atoms with Crippen LogP contribution in [-0.2, 0) is 4.79 Å². The summed E-state index contributed by atoms with van der Waals surface area (Å²) in [6.07, 6.45) is 6.63. The van der Waals surface area contributed by atoms with E-state index >= 15 is 0 Å². The van der Waals surface area contributed by atoms with Crippen LogP contribution in [0.3, 0.4) is 0 Å². The van der Waals surface area contributed by atoms with Crippen molar-refractivity contribution in [3.63, 3.8) is 0 Å². The number of amides is 1. The monoisotopic (exact) mass is 355 g/mol. The zero-order valence-corrected chi connectivity index (χ0v) is 15.9. The summed E-state index contributed by atoms with van der Waals surface area (Å²) in [6.45, 7) is 5.36. The van der Waals surface area contributed by atoms with E-state index in [2.05, 4.69) is 20.9 Å². The maximum atomic E-state index is 13.1. The second-order valence-corrected chi connectivity index (χ2v) is 7.49. The third kappa shape index (κ3) is 3.68. The molecule has 1 amide bonds. The molecule has 6 heteroatoms. The van der Waals surface area contributed by atoms with Crippen LogP contribution in [0.5, 0.6) is 0 Å². The minimum absolute atomic E-state index is 0.0692. The number of anilines is 1. The van der Waals surface area contributed by atoms with Crippen LogP contribution in [-0.4, -0.2) is 65.5 Å². The van der Waals surface area contributed by atoms with E-state index in [1.807, 2.05) is 38.4 Å². The van der Waals surface area contributed by atoms with E-state index in [0.717, 1.165) is 64.1 Å². The molecule has 0 N–H and O–H groups in total. The van der Waals surface area contributed by atoms with Crippen LogP contribution >= 0.6 is 0 Å². The quantitative estimate of drug-likeness (QED) is 0.829. The smallest absolute Gasteiger partial charge is 0.240 e. The van der Waals surface area contributed by atoms with Gasteiger partial charge in [-0.05, 0) is 31.9 Å². The van der Waals surface area contributed by atoms with Crippen molar-refractivity contribution in [2.45, 2.75) is 50.6 Å². The molecule has 140 valence electrons. The van der Waals surface area contributed by atoms with E-state index in [-0.39, 0.29) is 11.9 Å². The Balaban J connectivity index is 1.60. The van der Waals surface area contributed by atoms with Crippen molar-refractivity contribution in [1.82, 2.24) is 14.8 Å². The van der Waals surface area contributed by atoms with E-state index in [1.54, 1.807) is 4.90 Å². The molecule has 0 spiro atoms. The van der Waals surface area contributed by atoms with Crippen LogP contribution in [0, 0.1) is 11.3 Å². The van der Waals surface area contributed by atoms with Crippen molar-refractivity contribution >= 4 is 11.7 Å². The highest BCUT2D eigenvalue weighted by molar-refractivity contribution is 5.82. The third-order valence-corrected chi connectivity index (χ3v) is 6.05. The SMILES string of the molecule is C[C@H](C(=O)N(C)C1(C#N)CCCCC1)N1CCN(c2ccccn2)CC1. The Morgan fingerprint density at radius 3 is 2.50 bits per heavy atom. The highest BCUT2D eigenvalue weighted by Crippen LogP contribution is 2.33. The Bertz CT molecular complexity index is 642. The normalized spacial score (nSPS) is 21.7. The van der Waals surface area contributed by atoms with Gasteiger partial charge in [-0.25, -0.2) is 4.98 Å². The summed E-state index contributed by atoms with van der Waals surface area (Å²) in [7, 11) is 1.82. The van der Waals surface area contributed by atoms with E-state index in [0.29, 0.717) is 0 Å². The van der Waals surface area contributed by atoms with E-state index in [9.17, 15) is 10.1 Å². The fourth-order valence-electron chi connectivity index (χ4n) is 4.19. The van der Waals surface area contributed by atoms with Crippen LogP contribution in [0.15, 0.2) is 24.4 Å². The molecule has 1 aliphatic heterocycles. The maximum Gasteiger partial charge on any atom is 0.240 e. The summed E-state index contributed by atoms with van der Waals surface area (Å²) in [6, 6.07) is 8.21. The summed E-state index contributed by atoms with van der Waals surface area (Å²) in [5, 5.41) is 9.74. The van der Waals surface area contributed by atoms with Crippen molar-refractivity contribution in [3.05, 3.63) is 24.4 Å². The molecule has 1 aliphatic carbocycles. The molecule has 6 nitrogen and oxygen atoms in total. The number of carbonyl (C=O) groups is 1. The summed E-state index contributed by atoms with van der Waals surface area (Å²) < 4.78 is 0. The zero-order chi connectivity index (χ0) is 18.6. The first-order chi connectivity index (χ1) is 12.6. The number of nitriles is 1. The molecule has 0 unspecified atom stereocenters. The Morgan fingerprint density at radius 1 is 1.23 bits per heavy atom. The Hall–Kier alpha value is -2.13. The predicted molar refractivity (Wildman–Crippen MR) is 102 cm³/mol. The van der Waals surface area contributed by atoms with Gasteiger partial charge < -0.3 is 9.80 Å². The van der Waals surface area contributed by atoms with Crippen molar-refractivity contribution in [3.8, 4) is 6.07 Å². The molecule has 0 radical (unpaired) electrons. The number of piperazine rings is 1. The lowest BCUT2D eigenvalue weighted by atomic mass is 9.81. The van der Waals surface area contributed by atoms with Crippen molar-refractivity contribution in [1.29, 1.82) is 5.26 Å². The number of hydrogen-bond donors (Lipinski definition) is 0. The first-order valence-electron chi connectivity index (χ1n) is 9.66. The summed E-state index contributed by atoms with van der Waals surface area (Å²) in [5.74, 6) is 1.06. The molecule has 0 bridgehead atoms. The van der Waals surface area contributed by atoms with Crippen molar-refractivity contribution < 1.29 is 4.79 Å². The molecule has 3 rings (SSSR count). The fourth-order valence-corrected chi connectivity index (χ4v) is 4.19. The number of nitrogens with zero attached hydrogens (tertiary/aromatic N) is 5. The third-order valence-electron chi connectivity index (χ3n) is 6.05. The van der Waals surface area contributed by atoms with Gasteiger partial charge in [-0.3, -0.25) is 9.69 Å². The first-order valence-corrected chi connectivity index (χ1v) is 9.66. The average Bonchev–Trinajstić information content (AvgIpc) is 2.73. The number of pyridine rings is 1. The molecule has 1 saturated heterocycles. The first kappa shape index (κ1) is 18.7. The molecule has 1 aromatic rings. The average molecular weight is 355 g/mol. The number of carbonyl (C=O) groups excluding carboxylic acids is 1. The second kappa shape index (κ2) is 8.05. The van der Waals surface area contributed by atoms with Gasteiger partial charge in [-0.15, -0.1) is 0 Å². The fraction of sp³-hybridized carbons (Fsp3) is 0.650. The van der Waals surface area contributed by atoms with Crippen LogP contribution in [0.1, 0.15) is 39.0 Å². The molecule has 1 aromatic heterocycles. The summed E-state index contributed by atoms with van der Waals surface area (Å²) in [4.78, 5) is 23.7. The van der Waals surface area contributed by atoms with Gasteiger partial charge >= 0.3 is 0 Å². The molecule has 2 fully saturated rings. The molecule has 2 heterocycles. The van der Waals surface area contributed by atoms with Crippen LogP contribution in [0.25, 0.3) is 0 Å². The van der Waals surface area contributed by atoms with Gasteiger partial charge in [0.15, 0.2) is 0 Å². The lowest BCUT2D eigenvalue weighted by Crippen LogP contribution is -2.58. The number of aromatic nitrogens is 1. The second-order valence-electron chi connectivity index (χ2n) is 7.49. The van der Waals surface area contributed by atoms with Crippen LogP contribution in [0.2, 0.25) is 0 Å². The molecular weight excluding hydrogens is 326 g/mol. The lowest BCUT2D eigenvalue weighted by Gasteiger charge is -2.43. The summed E-state index contributed by atoms with van der Waals surface area (Å²) in [5.41, 5.74) is -0.612. The van der Waals surface area contributed by atoms with Gasteiger partial charge in [0.05, 0.1) is 12.1 Å². The topological polar surface area (TPSA) is 63.5 Å². The van der Waals surface area contributed by atoms with Gasteiger partial charge in [-0.2, -0.15) is 5.26 Å².